The molecule has 0 aromatic carbocycles. The van der Waals surface area contributed by atoms with Crippen LogP contribution >= 0.6 is 0 Å². The van der Waals surface area contributed by atoms with E-state index in [-0.39, 0.29) is 36.3 Å². The summed E-state index contributed by atoms with van der Waals surface area (Å²) >= 11 is 0. The highest BCUT2D eigenvalue weighted by molar-refractivity contribution is 6.05. The predicted molar refractivity (Wildman–Crippen MR) is 49.2 cm³/mol. The van der Waals surface area contributed by atoms with Crippen LogP contribution in [0.5, 0.6) is 0 Å². The first-order chi connectivity index (χ1) is 6.66. The van der Waals surface area contributed by atoms with Gasteiger partial charge < -0.3 is 5.11 Å². The summed E-state index contributed by atoms with van der Waals surface area (Å²) in [5.74, 6) is -0.314. The number of imide groups is 1. The minimum Gasteiger partial charge on any atom is -0.394 e. The third-order valence-corrected chi connectivity index (χ3v) is 3.33. The van der Waals surface area contributed by atoms with Gasteiger partial charge in [0.25, 0.3) is 0 Å². The Labute approximate surface area is 82.9 Å². The summed E-state index contributed by atoms with van der Waals surface area (Å²) in [4.78, 5) is 24.8. The number of likely N-dealkylation sites (tertiary alicyclic amines) is 1. The van der Waals surface area contributed by atoms with Gasteiger partial charge in [-0.25, -0.2) is 0 Å². The summed E-state index contributed by atoms with van der Waals surface area (Å²) in [5, 5.41) is 8.95. The minimum atomic E-state index is -0.361. The smallest absolute Gasteiger partial charge is 0.233 e. The molecule has 1 heterocycles. The first-order valence-corrected chi connectivity index (χ1v) is 5.14. The first-order valence-electron chi connectivity index (χ1n) is 5.14. The van der Waals surface area contributed by atoms with Crippen molar-refractivity contribution in [2.75, 3.05) is 6.61 Å². The van der Waals surface area contributed by atoms with Crippen LogP contribution in [0.1, 0.15) is 26.2 Å². The molecule has 78 valence electrons. The lowest BCUT2D eigenvalue weighted by atomic mass is 10.00. The maximum Gasteiger partial charge on any atom is 0.233 e. The second-order valence-corrected chi connectivity index (χ2v) is 4.22. The summed E-state index contributed by atoms with van der Waals surface area (Å²) in [5.41, 5.74) is 0. The van der Waals surface area contributed by atoms with Crippen molar-refractivity contribution in [3.05, 3.63) is 0 Å². The van der Waals surface area contributed by atoms with Gasteiger partial charge in [0.05, 0.1) is 24.5 Å². The van der Waals surface area contributed by atoms with E-state index in [1.807, 2.05) is 0 Å². The number of aliphatic hydroxyl groups excluding tert-OH is 1. The Morgan fingerprint density at radius 1 is 1.36 bits per heavy atom. The summed E-state index contributed by atoms with van der Waals surface area (Å²) < 4.78 is 0. The summed E-state index contributed by atoms with van der Waals surface area (Å²) in [6.45, 7) is 1.56. The van der Waals surface area contributed by atoms with Gasteiger partial charge in [0, 0.05) is 0 Å². The molecule has 0 radical (unpaired) electrons. The molecule has 1 aliphatic heterocycles. The van der Waals surface area contributed by atoms with Crippen LogP contribution < -0.4 is 0 Å². The average molecular weight is 197 g/mol. The lowest BCUT2D eigenvalue weighted by Gasteiger charge is -2.21. The molecule has 2 unspecified atom stereocenters. The number of nitrogens with zero attached hydrogens (tertiary/aromatic N) is 1. The molecule has 4 nitrogen and oxygen atoms in total. The van der Waals surface area contributed by atoms with Crippen LogP contribution in [0.2, 0.25) is 0 Å². The van der Waals surface area contributed by atoms with Gasteiger partial charge in [0.15, 0.2) is 0 Å². The molecule has 1 N–H and O–H groups in total. The minimum absolute atomic E-state index is 0.0703. The topological polar surface area (TPSA) is 57.6 Å². The largest absolute Gasteiger partial charge is 0.394 e. The first kappa shape index (κ1) is 9.65. The third-order valence-electron chi connectivity index (χ3n) is 3.33. The molecule has 0 bridgehead atoms. The predicted octanol–water partition coefficient (Wildman–Crippen LogP) is 0.152. The highest BCUT2D eigenvalue weighted by atomic mass is 16.3. The molecule has 0 aromatic heterocycles. The van der Waals surface area contributed by atoms with Crippen molar-refractivity contribution in [1.29, 1.82) is 0 Å². The molecule has 2 fully saturated rings. The maximum absolute atomic E-state index is 11.8. The molecule has 4 heteroatoms. The summed E-state index contributed by atoms with van der Waals surface area (Å²) in [6, 6.07) is -0.361. The molecular weight excluding hydrogens is 182 g/mol. The lowest BCUT2D eigenvalue weighted by Crippen LogP contribution is -2.41. The van der Waals surface area contributed by atoms with E-state index in [1.54, 1.807) is 6.92 Å². The monoisotopic (exact) mass is 197 g/mol. The van der Waals surface area contributed by atoms with E-state index in [9.17, 15) is 9.59 Å². The Balaban J connectivity index is 2.21. The van der Waals surface area contributed by atoms with Gasteiger partial charge in [-0.3, -0.25) is 14.5 Å². The van der Waals surface area contributed by atoms with Crippen molar-refractivity contribution in [2.24, 2.45) is 11.8 Å². The average Bonchev–Trinajstić information content (AvgIpc) is 2.72. The van der Waals surface area contributed by atoms with Crippen molar-refractivity contribution in [3.63, 3.8) is 0 Å². The van der Waals surface area contributed by atoms with Gasteiger partial charge in [0.2, 0.25) is 11.8 Å². The molecule has 2 amide bonds. The van der Waals surface area contributed by atoms with Crippen LogP contribution in [-0.2, 0) is 9.59 Å². The van der Waals surface area contributed by atoms with Crippen LogP contribution in [-0.4, -0.2) is 34.5 Å². The van der Waals surface area contributed by atoms with Gasteiger partial charge >= 0.3 is 0 Å². The van der Waals surface area contributed by atoms with Crippen LogP contribution in [0.4, 0.5) is 0 Å². The molecule has 2 aliphatic rings. The number of fused-ring (bicyclic) bond motifs is 1. The standard InChI is InChI=1S/C10H15NO3/c1-6(5-12)11-9(13)7-3-2-4-8(7)10(11)14/h6-8,12H,2-5H2,1H3/t6-,7?,8?/m1/s1. The lowest BCUT2D eigenvalue weighted by molar-refractivity contribution is -0.143. The molecule has 0 aromatic rings. The van der Waals surface area contributed by atoms with Crippen molar-refractivity contribution < 1.29 is 14.7 Å². The van der Waals surface area contributed by atoms with Gasteiger partial charge in [-0.15, -0.1) is 0 Å². The Morgan fingerprint density at radius 2 is 1.86 bits per heavy atom. The molecule has 2 rings (SSSR count). The second kappa shape index (κ2) is 3.35. The molecule has 1 aliphatic carbocycles. The van der Waals surface area contributed by atoms with Crippen LogP contribution in [0.25, 0.3) is 0 Å². The molecule has 1 saturated heterocycles. The number of carbonyl (C=O) groups excluding carboxylic acids is 2. The zero-order valence-electron chi connectivity index (χ0n) is 8.27. The van der Waals surface area contributed by atoms with E-state index in [4.69, 9.17) is 5.11 Å². The maximum atomic E-state index is 11.8. The number of rotatable bonds is 2. The second-order valence-electron chi connectivity index (χ2n) is 4.22. The summed E-state index contributed by atoms with van der Waals surface area (Å²) in [7, 11) is 0. The fourth-order valence-corrected chi connectivity index (χ4v) is 2.53. The number of hydrogen-bond donors (Lipinski definition) is 1. The van der Waals surface area contributed by atoms with E-state index >= 15 is 0 Å². The van der Waals surface area contributed by atoms with Crippen molar-refractivity contribution in [1.82, 2.24) is 4.90 Å². The van der Waals surface area contributed by atoms with Gasteiger partial charge in [-0.1, -0.05) is 6.42 Å². The Morgan fingerprint density at radius 3 is 2.29 bits per heavy atom. The number of aliphatic hydroxyl groups is 1. The fraction of sp³-hybridized carbons (Fsp3) is 0.800. The Bertz CT molecular complexity index is 255. The molecule has 14 heavy (non-hydrogen) atoms. The molecular formula is C10H15NO3. The highest BCUT2D eigenvalue weighted by Gasteiger charge is 2.50. The molecule has 0 spiro atoms. The van der Waals surface area contributed by atoms with E-state index in [0.29, 0.717) is 0 Å². The quantitative estimate of drug-likeness (QED) is 0.641. The van der Waals surface area contributed by atoms with Crippen LogP contribution in [0.3, 0.4) is 0 Å². The van der Waals surface area contributed by atoms with Crippen LogP contribution in [0.15, 0.2) is 0 Å². The van der Waals surface area contributed by atoms with Crippen LogP contribution in [0, 0.1) is 11.8 Å². The Hall–Kier alpha value is -0.900. The van der Waals surface area contributed by atoms with Crippen molar-refractivity contribution >= 4 is 11.8 Å². The van der Waals surface area contributed by atoms with Gasteiger partial charge in [0.1, 0.15) is 0 Å². The number of carbonyl (C=O) groups is 2. The zero-order valence-corrected chi connectivity index (χ0v) is 8.27. The SMILES string of the molecule is C[C@H](CO)N1C(=O)C2CCCC2C1=O. The zero-order chi connectivity index (χ0) is 10.3. The van der Waals surface area contributed by atoms with Crippen molar-refractivity contribution in [2.45, 2.75) is 32.2 Å². The van der Waals surface area contributed by atoms with E-state index < -0.39 is 0 Å². The third kappa shape index (κ3) is 1.17. The van der Waals surface area contributed by atoms with Gasteiger partial charge in [-0.2, -0.15) is 0 Å². The number of amides is 2. The molecule has 1 saturated carbocycles. The number of hydrogen-bond acceptors (Lipinski definition) is 3. The summed E-state index contributed by atoms with van der Waals surface area (Å²) in [6.07, 6.45) is 2.65. The van der Waals surface area contributed by atoms with Crippen molar-refractivity contribution in [3.8, 4) is 0 Å². The fourth-order valence-electron chi connectivity index (χ4n) is 2.53. The normalized spacial score (nSPS) is 33.7. The van der Waals surface area contributed by atoms with E-state index in [2.05, 4.69) is 0 Å². The highest BCUT2D eigenvalue weighted by Crippen LogP contribution is 2.40. The Kier molecular flexibility index (Phi) is 2.31. The van der Waals surface area contributed by atoms with Gasteiger partial charge in [-0.05, 0) is 19.8 Å². The molecule has 3 atom stereocenters. The van der Waals surface area contributed by atoms with E-state index in [0.717, 1.165) is 19.3 Å². The van der Waals surface area contributed by atoms with E-state index in [1.165, 1.54) is 4.90 Å².